The van der Waals surface area contributed by atoms with E-state index < -0.39 is 23.5 Å². The molecule has 3 N–H and O–H groups in total. The predicted molar refractivity (Wildman–Crippen MR) is 64.9 cm³/mol. The molecule has 0 spiro atoms. The highest BCUT2D eigenvalue weighted by Gasteiger charge is 2.17. The summed E-state index contributed by atoms with van der Waals surface area (Å²) in [5.74, 6) is -0.190. The lowest BCUT2D eigenvalue weighted by Crippen LogP contribution is -2.42. The van der Waals surface area contributed by atoms with Crippen LogP contribution in [0.1, 0.15) is 26.7 Å². The third-order valence-corrected chi connectivity index (χ3v) is 2.07. The van der Waals surface area contributed by atoms with Crippen LogP contribution in [0.4, 0.5) is 0 Å². The van der Waals surface area contributed by atoms with Gasteiger partial charge in [-0.25, -0.2) is 11.5 Å². The number of thiol groups is 2. The molecule has 7 heteroatoms. The van der Waals surface area contributed by atoms with Crippen LogP contribution in [0.2, 0.25) is 0 Å². The van der Waals surface area contributed by atoms with E-state index in [-0.39, 0.29) is 6.04 Å². The van der Waals surface area contributed by atoms with Gasteiger partial charge >= 0.3 is 5.97 Å². The highest BCUT2D eigenvalue weighted by Crippen LogP contribution is 1.98. The zero-order valence-corrected chi connectivity index (χ0v) is 10.7. The molecular formula is C8H19N2O3S2-. The molecule has 0 saturated heterocycles. The molecule has 15 heavy (non-hydrogen) atoms. The Morgan fingerprint density at radius 1 is 1.67 bits per heavy atom. The van der Waals surface area contributed by atoms with Gasteiger partial charge in [-0.1, -0.05) is 6.92 Å². The lowest BCUT2D eigenvalue weighted by atomic mass is 10.2. The number of hydrogen-bond acceptors (Lipinski definition) is 6. The molecule has 0 aliphatic heterocycles. The second-order valence-electron chi connectivity index (χ2n) is 2.97. The molecule has 0 aromatic carbocycles. The van der Waals surface area contributed by atoms with Gasteiger partial charge in [0.05, 0.1) is 0 Å². The van der Waals surface area contributed by atoms with Crippen molar-refractivity contribution < 1.29 is 14.1 Å². The van der Waals surface area contributed by atoms with Crippen molar-refractivity contribution in [3.05, 3.63) is 0 Å². The summed E-state index contributed by atoms with van der Waals surface area (Å²) < 4.78 is 14.2. The van der Waals surface area contributed by atoms with Gasteiger partial charge in [-0.15, -0.1) is 0 Å². The second kappa shape index (κ2) is 11.8. The maximum Gasteiger partial charge on any atom is 0.320 e. The highest BCUT2D eigenvalue weighted by molar-refractivity contribution is 7.80. The fourth-order valence-corrected chi connectivity index (χ4v) is 1.13. The quantitative estimate of drug-likeness (QED) is 0.422. The van der Waals surface area contributed by atoms with Crippen LogP contribution in [-0.2, 0) is 20.5 Å². The van der Waals surface area contributed by atoms with Gasteiger partial charge < -0.3 is 19.4 Å². The van der Waals surface area contributed by atoms with Gasteiger partial charge in [-0.2, -0.15) is 12.6 Å². The third kappa shape index (κ3) is 11.7. The molecule has 0 rings (SSSR count). The Hall–Kier alpha value is -0.270. The Balaban J connectivity index is 0. The molecule has 92 valence electrons. The largest absolute Gasteiger partial charge is 0.480 e. The Morgan fingerprint density at radius 3 is 2.40 bits per heavy atom. The van der Waals surface area contributed by atoms with E-state index in [2.05, 4.69) is 17.9 Å². The fourth-order valence-electron chi connectivity index (χ4n) is 0.868. The van der Waals surface area contributed by atoms with Gasteiger partial charge in [0.1, 0.15) is 6.04 Å². The summed E-state index contributed by atoms with van der Waals surface area (Å²) in [5, 5.41) is 11.8. The van der Waals surface area contributed by atoms with Crippen LogP contribution in [0.5, 0.6) is 0 Å². The van der Waals surface area contributed by atoms with Crippen molar-refractivity contribution in [3.63, 3.8) is 0 Å². The number of aliphatic carboxylic acids is 1. The smallest absolute Gasteiger partial charge is 0.320 e. The monoisotopic (exact) mass is 255 g/mol. The van der Waals surface area contributed by atoms with Crippen molar-refractivity contribution in [2.45, 2.75) is 38.8 Å². The van der Waals surface area contributed by atoms with Crippen LogP contribution in [-0.4, -0.2) is 28.9 Å². The van der Waals surface area contributed by atoms with E-state index in [1.165, 1.54) is 0 Å². The molecular weight excluding hydrogens is 236 g/mol. The Morgan fingerprint density at radius 2 is 2.13 bits per heavy atom. The van der Waals surface area contributed by atoms with Crippen molar-refractivity contribution in [2.75, 3.05) is 5.75 Å². The van der Waals surface area contributed by atoms with Gasteiger partial charge in [0, 0.05) is 6.04 Å². The van der Waals surface area contributed by atoms with Crippen LogP contribution >= 0.6 is 12.6 Å². The van der Waals surface area contributed by atoms with Crippen molar-refractivity contribution in [2.24, 2.45) is 0 Å². The molecule has 0 heterocycles. The second-order valence-corrected chi connectivity index (χ2v) is 3.60. The first-order valence-corrected chi connectivity index (χ1v) is 6.06. The van der Waals surface area contributed by atoms with Gasteiger partial charge in [0.2, 0.25) is 0 Å². The van der Waals surface area contributed by atoms with Crippen LogP contribution < -0.4 is 5.32 Å². The summed E-state index contributed by atoms with van der Waals surface area (Å²) in [5.41, 5.74) is 0. The molecule has 0 aliphatic carbocycles. The van der Waals surface area contributed by atoms with E-state index >= 15 is 0 Å². The molecule has 2 atom stereocenters. The first-order chi connectivity index (χ1) is 7.03. The summed E-state index contributed by atoms with van der Waals surface area (Å²) in [6.45, 7) is 4.01. The third-order valence-electron chi connectivity index (χ3n) is 1.81. The van der Waals surface area contributed by atoms with E-state index in [1.807, 2.05) is 13.8 Å². The minimum absolute atomic E-state index is 0.256. The molecule has 5 nitrogen and oxygen atoms in total. The minimum Gasteiger partial charge on any atom is -0.480 e. The van der Waals surface area contributed by atoms with Gasteiger partial charge in [0.15, 0.2) is 0 Å². The summed E-state index contributed by atoms with van der Waals surface area (Å²) >= 11 is 3.42. The number of carboxylic acids is 1. The molecule has 0 fully saturated rings. The van der Waals surface area contributed by atoms with Gasteiger partial charge in [-0.05, 0) is 25.5 Å². The van der Waals surface area contributed by atoms with E-state index in [9.17, 15) is 4.79 Å². The van der Waals surface area contributed by atoms with E-state index in [0.717, 1.165) is 6.42 Å². The van der Waals surface area contributed by atoms with Crippen LogP contribution in [0.3, 0.4) is 0 Å². The molecule has 0 aromatic heterocycles. The van der Waals surface area contributed by atoms with Gasteiger partial charge in [-0.3, -0.25) is 4.79 Å². The molecule has 0 amide bonds. The molecule has 0 saturated carbocycles. The van der Waals surface area contributed by atoms with Crippen molar-refractivity contribution >= 4 is 30.1 Å². The lowest BCUT2D eigenvalue weighted by molar-refractivity contribution is -0.139. The fraction of sp³-hybridized carbons (Fsp3) is 0.875. The van der Waals surface area contributed by atoms with Crippen LogP contribution in [0, 0.1) is 4.78 Å². The minimum atomic E-state index is -0.788. The van der Waals surface area contributed by atoms with E-state index in [0.29, 0.717) is 12.2 Å². The number of hydrogen-bond donors (Lipinski definition) is 4. The molecule has 0 aliphatic rings. The lowest BCUT2D eigenvalue weighted by Gasteiger charge is -2.17. The summed E-state index contributed by atoms with van der Waals surface area (Å²) in [7, 11) is 0. The predicted octanol–water partition coefficient (Wildman–Crippen LogP) is 1.06. The van der Waals surface area contributed by atoms with Crippen LogP contribution in [0.15, 0.2) is 0 Å². The number of nitrogens with one attached hydrogen (secondary N) is 2. The summed E-state index contributed by atoms with van der Waals surface area (Å²) in [6, 6.07) is -0.191. The molecule has 0 bridgehead atoms. The number of carboxylic acid groups (broad SMARTS) is 1. The van der Waals surface area contributed by atoms with E-state index in [1.54, 1.807) is 0 Å². The van der Waals surface area contributed by atoms with Crippen molar-refractivity contribution in [1.29, 1.82) is 4.78 Å². The van der Waals surface area contributed by atoms with E-state index in [4.69, 9.17) is 14.1 Å². The highest BCUT2D eigenvalue weighted by atomic mass is 32.1. The maximum absolute atomic E-state index is 10.6. The maximum atomic E-state index is 10.6. The van der Waals surface area contributed by atoms with Crippen molar-refractivity contribution in [3.8, 4) is 0 Å². The zero-order valence-electron chi connectivity index (χ0n) is 8.93. The average molecular weight is 255 g/mol. The Kier molecular flexibility index (Phi) is 13.5. The first kappa shape index (κ1) is 17.1. The standard InChI is InChI=1S/C8H17NO2S.H2NOS/c1-3-6(2)9-7(4-5-12)8(10)11;1-3-2/h6-7,9,12H,3-5H2,1-2H3,(H,10,11);1,3H/q;-1/t6?,7-;/m0./s1. The SMILES string of the molecule is CCC(C)N[C@@H](CCS)C(=O)O.N=[SH-]=O. The normalized spacial score (nSPS) is 13.5. The number of rotatable bonds is 6. The molecule has 0 aromatic rings. The average Bonchev–Trinajstić information content (AvgIpc) is 2.18. The van der Waals surface area contributed by atoms with Crippen molar-refractivity contribution in [1.82, 2.24) is 5.32 Å². The first-order valence-electron chi connectivity index (χ1n) is 4.62. The molecule has 0 radical (unpaired) electrons. The summed E-state index contributed by atoms with van der Waals surface area (Å²) in [4.78, 5) is 10.6. The summed E-state index contributed by atoms with van der Waals surface area (Å²) in [6.07, 6.45) is 1.51. The van der Waals surface area contributed by atoms with Gasteiger partial charge in [0.25, 0.3) is 0 Å². The van der Waals surface area contributed by atoms with Crippen LogP contribution in [0.25, 0.3) is 0 Å². The topological polar surface area (TPSA) is 90.2 Å². The number of carbonyl (C=O) groups is 1. The Labute approximate surface area is 99.1 Å². The Bertz CT molecular complexity index is 208. The molecule has 1 unspecified atom stereocenters. The zero-order chi connectivity index (χ0) is 12.3.